The molecule has 25 heavy (non-hydrogen) atoms. The van der Waals surface area contributed by atoms with Gasteiger partial charge in [-0.05, 0) is 42.6 Å². The van der Waals surface area contributed by atoms with Crippen LogP contribution in [0, 0.1) is 16.7 Å². The molecule has 6 heteroatoms. The summed E-state index contributed by atoms with van der Waals surface area (Å²) in [6, 6.07) is 10.3. The molecule has 0 aliphatic rings. The molecule has 0 bridgehead atoms. The van der Waals surface area contributed by atoms with Gasteiger partial charge >= 0.3 is 0 Å². The van der Waals surface area contributed by atoms with Crippen molar-refractivity contribution in [1.82, 2.24) is 10.6 Å². The number of rotatable bonds is 11. The summed E-state index contributed by atoms with van der Waals surface area (Å²) in [6.45, 7) is 5.12. The summed E-state index contributed by atoms with van der Waals surface area (Å²) >= 11 is 0. The number of nitrogens with one attached hydrogen (secondary N) is 3. The van der Waals surface area contributed by atoms with Crippen molar-refractivity contribution in [3.8, 4) is 6.07 Å². The fourth-order valence-corrected chi connectivity index (χ4v) is 2.24. The fourth-order valence-electron chi connectivity index (χ4n) is 2.24. The van der Waals surface area contributed by atoms with Crippen LogP contribution in [0.25, 0.3) is 0 Å². The summed E-state index contributed by atoms with van der Waals surface area (Å²) in [4.78, 5) is 0. The number of nitrogens with two attached hydrogens (primary N) is 2. The van der Waals surface area contributed by atoms with Crippen LogP contribution < -0.4 is 22.1 Å². The van der Waals surface area contributed by atoms with Gasteiger partial charge in [0.05, 0.1) is 11.3 Å². The van der Waals surface area contributed by atoms with Crippen molar-refractivity contribution in [2.45, 2.75) is 32.9 Å². The molecule has 0 radical (unpaired) electrons. The first-order valence-electron chi connectivity index (χ1n) is 8.48. The first-order valence-corrected chi connectivity index (χ1v) is 8.48. The highest BCUT2D eigenvalue weighted by atomic mass is 14.8. The van der Waals surface area contributed by atoms with Gasteiger partial charge in [0.1, 0.15) is 6.07 Å². The highest BCUT2D eigenvalue weighted by molar-refractivity contribution is 5.83. The summed E-state index contributed by atoms with van der Waals surface area (Å²) in [6.07, 6.45) is 4.47. The van der Waals surface area contributed by atoms with Crippen molar-refractivity contribution in [2.75, 3.05) is 13.1 Å². The van der Waals surface area contributed by atoms with Gasteiger partial charge in [-0.25, -0.2) is 0 Å². The largest absolute Gasteiger partial charge is 0.397 e. The third-order valence-electron chi connectivity index (χ3n) is 3.77. The maximum atomic E-state index is 8.96. The Morgan fingerprint density at radius 1 is 1.24 bits per heavy atom. The van der Waals surface area contributed by atoms with Gasteiger partial charge in [0.2, 0.25) is 0 Å². The van der Waals surface area contributed by atoms with E-state index >= 15 is 0 Å². The van der Waals surface area contributed by atoms with Gasteiger partial charge in [-0.3, -0.25) is 0 Å². The van der Waals surface area contributed by atoms with E-state index in [1.54, 1.807) is 0 Å². The van der Waals surface area contributed by atoms with E-state index in [9.17, 15) is 0 Å². The molecule has 0 fully saturated rings. The van der Waals surface area contributed by atoms with E-state index in [4.69, 9.17) is 22.1 Å². The third kappa shape index (κ3) is 7.21. The minimum atomic E-state index is 0.182. The SMILES string of the molecule is CCC(=C\NCc1ccc(CNCCCN)cc1)/C(N)=C(/C#N)C=N. The minimum Gasteiger partial charge on any atom is -0.397 e. The van der Waals surface area contributed by atoms with E-state index in [-0.39, 0.29) is 5.57 Å². The Labute approximate surface area is 150 Å². The molecule has 1 rings (SSSR count). The second kappa shape index (κ2) is 11.8. The summed E-state index contributed by atoms with van der Waals surface area (Å²) < 4.78 is 0. The van der Waals surface area contributed by atoms with Crippen LogP contribution in [-0.4, -0.2) is 19.3 Å². The number of nitrogens with zero attached hydrogens (tertiary/aromatic N) is 1. The lowest BCUT2D eigenvalue weighted by Crippen LogP contribution is -2.17. The third-order valence-corrected chi connectivity index (χ3v) is 3.77. The molecule has 0 saturated carbocycles. The number of hydrogen-bond acceptors (Lipinski definition) is 6. The molecule has 134 valence electrons. The van der Waals surface area contributed by atoms with Crippen LogP contribution in [0.1, 0.15) is 30.9 Å². The smallest absolute Gasteiger partial charge is 0.103 e. The van der Waals surface area contributed by atoms with Crippen molar-refractivity contribution in [1.29, 1.82) is 10.7 Å². The molecular formula is C19H28N6. The van der Waals surface area contributed by atoms with Gasteiger partial charge < -0.3 is 27.5 Å². The van der Waals surface area contributed by atoms with Crippen molar-refractivity contribution in [3.63, 3.8) is 0 Å². The van der Waals surface area contributed by atoms with Gasteiger partial charge in [0.15, 0.2) is 0 Å². The van der Waals surface area contributed by atoms with E-state index in [1.807, 2.05) is 19.2 Å². The predicted molar refractivity (Wildman–Crippen MR) is 103 cm³/mol. The van der Waals surface area contributed by atoms with E-state index in [0.29, 0.717) is 25.2 Å². The Hall–Kier alpha value is -2.62. The first kappa shape index (κ1) is 20.4. The molecule has 0 amide bonds. The van der Waals surface area contributed by atoms with Gasteiger partial charge in [0.25, 0.3) is 0 Å². The Morgan fingerprint density at radius 2 is 1.88 bits per heavy atom. The van der Waals surface area contributed by atoms with Crippen molar-refractivity contribution in [3.05, 3.63) is 58.4 Å². The Balaban J connectivity index is 2.58. The molecule has 0 atom stereocenters. The second-order valence-corrected chi connectivity index (χ2v) is 5.62. The van der Waals surface area contributed by atoms with E-state index in [0.717, 1.165) is 36.9 Å². The molecule has 0 unspecified atom stereocenters. The zero-order valence-electron chi connectivity index (χ0n) is 14.8. The highest BCUT2D eigenvalue weighted by Crippen LogP contribution is 2.11. The average Bonchev–Trinajstić information content (AvgIpc) is 2.64. The molecule has 1 aromatic rings. The number of nitriles is 1. The lowest BCUT2D eigenvalue weighted by atomic mass is 10.1. The molecule has 0 aromatic heterocycles. The van der Waals surface area contributed by atoms with Crippen LogP contribution in [0.4, 0.5) is 0 Å². The molecule has 0 aliphatic heterocycles. The molecular weight excluding hydrogens is 312 g/mol. The summed E-state index contributed by atoms with van der Waals surface area (Å²) in [7, 11) is 0. The van der Waals surface area contributed by atoms with Gasteiger partial charge in [-0.1, -0.05) is 31.2 Å². The van der Waals surface area contributed by atoms with Crippen LogP contribution in [0.3, 0.4) is 0 Å². The van der Waals surface area contributed by atoms with Crippen molar-refractivity contribution >= 4 is 6.21 Å². The topological polar surface area (TPSA) is 124 Å². The summed E-state index contributed by atoms with van der Waals surface area (Å²) in [5, 5.41) is 22.8. The standard InChI is InChI=1S/C19H28N6/c1-2-17(19(23)18(10-21)11-22)14-25-13-16-6-4-15(5-7-16)12-24-9-3-8-20/h4-7,10,14,21,24-25H,2-3,8-9,12-13,20,23H2,1H3/b17-14+,19-18-,21-10?. The van der Waals surface area contributed by atoms with Gasteiger partial charge in [-0.2, -0.15) is 5.26 Å². The van der Waals surface area contributed by atoms with Crippen LogP contribution in [-0.2, 0) is 13.1 Å². The molecule has 1 aromatic carbocycles. The predicted octanol–water partition coefficient (Wildman–Crippen LogP) is 1.89. The van der Waals surface area contributed by atoms with Crippen molar-refractivity contribution in [2.24, 2.45) is 11.5 Å². The minimum absolute atomic E-state index is 0.182. The van der Waals surface area contributed by atoms with Crippen LogP contribution in [0.15, 0.2) is 47.3 Å². The highest BCUT2D eigenvalue weighted by Gasteiger charge is 2.04. The maximum Gasteiger partial charge on any atom is 0.103 e. The molecule has 0 saturated heterocycles. The van der Waals surface area contributed by atoms with Crippen LogP contribution in [0.2, 0.25) is 0 Å². The van der Waals surface area contributed by atoms with E-state index < -0.39 is 0 Å². The van der Waals surface area contributed by atoms with Gasteiger partial charge in [-0.15, -0.1) is 0 Å². The molecule has 7 N–H and O–H groups in total. The molecule has 0 heterocycles. The first-order chi connectivity index (χ1) is 12.2. The average molecular weight is 340 g/mol. The zero-order chi connectivity index (χ0) is 18.5. The maximum absolute atomic E-state index is 8.96. The van der Waals surface area contributed by atoms with Crippen LogP contribution in [0.5, 0.6) is 0 Å². The molecule has 0 aliphatic carbocycles. The quantitative estimate of drug-likeness (QED) is 0.182. The lowest BCUT2D eigenvalue weighted by molar-refractivity contribution is 0.655. The monoisotopic (exact) mass is 340 g/mol. The second-order valence-electron chi connectivity index (χ2n) is 5.62. The number of hydrogen-bond donors (Lipinski definition) is 5. The summed E-state index contributed by atoms with van der Waals surface area (Å²) in [5.41, 5.74) is 15.2. The van der Waals surface area contributed by atoms with Gasteiger partial charge in [0, 0.05) is 25.5 Å². The Kier molecular flexibility index (Phi) is 9.68. The van der Waals surface area contributed by atoms with E-state index in [1.165, 1.54) is 5.56 Å². The number of allylic oxidation sites excluding steroid dienone is 2. The fraction of sp³-hybridized carbons (Fsp3) is 0.368. The normalized spacial score (nSPS) is 12.3. The van der Waals surface area contributed by atoms with Crippen LogP contribution >= 0.6 is 0 Å². The lowest BCUT2D eigenvalue weighted by Gasteiger charge is -2.09. The van der Waals surface area contributed by atoms with E-state index in [2.05, 4.69) is 34.9 Å². The van der Waals surface area contributed by atoms with Crippen molar-refractivity contribution < 1.29 is 0 Å². The Morgan fingerprint density at radius 3 is 2.40 bits per heavy atom. The number of benzene rings is 1. The Bertz CT molecular complexity index is 637. The molecule has 0 spiro atoms. The summed E-state index contributed by atoms with van der Waals surface area (Å²) in [5.74, 6) is 0. The zero-order valence-corrected chi connectivity index (χ0v) is 14.8. The molecule has 6 nitrogen and oxygen atoms in total.